The zero-order valence-electron chi connectivity index (χ0n) is 11.0. The average Bonchev–Trinajstić information content (AvgIpc) is 2.83. The first-order valence-corrected chi connectivity index (χ1v) is 8.07. The Morgan fingerprint density at radius 1 is 1.39 bits per heavy atom. The first-order chi connectivity index (χ1) is 8.50. The van der Waals surface area contributed by atoms with Crippen molar-refractivity contribution in [3.63, 3.8) is 0 Å². The molecule has 0 bridgehead atoms. The van der Waals surface area contributed by atoms with Gasteiger partial charge in [-0.2, -0.15) is 0 Å². The zero-order valence-corrected chi connectivity index (χ0v) is 13.3. The van der Waals surface area contributed by atoms with E-state index in [2.05, 4.69) is 37.4 Å². The van der Waals surface area contributed by atoms with Gasteiger partial charge in [0, 0.05) is 22.1 Å². The van der Waals surface area contributed by atoms with E-state index in [1.54, 1.807) is 0 Å². The van der Waals surface area contributed by atoms with Gasteiger partial charge >= 0.3 is 0 Å². The molecule has 1 aliphatic heterocycles. The molecule has 1 nitrogen and oxygen atoms in total. The Morgan fingerprint density at radius 3 is 2.72 bits per heavy atom. The number of aryl methyl sites for hydroxylation is 1. The Morgan fingerprint density at radius 2 is 2.11 bits per heavy atom. The van der Waals surface area contributed by atoms with Gasteiger partial charge in [-0.3, -0.25) is 0 Å². The molecule has 0 radical (unpaired) electrons. The first kappa shape index (κ1) is 14.5. The fourth-order valence-electron chi connectivity index (χ4n) is 2.39. The van der Waals surface area contributed by atoms with E-state index in [9.17, 15) is 0 Å². The summed E-state index contributed by atoms with van der Waals surface area (Å²) in [6, 6.07) is 6.87. The van der Waals surface area contributed by atoms with Crippen molar-refractivity contribution in [3.8, 4) is 0 Å². The predicted octanol–water partition coefficient (Wildman–Crippen LogP) is 4.00. The third kappa shape index (κ3) is 2.40. The van der Waals surface area contributed by atoms with E-state index in [-0.39, 0.29) is 11.5 Å². The van der Waals surface area contributed by atoms with Crippen LogP contribution in [0.15, 0.2) is 23.1 Å². The molecule has 0 amide bonds. The summed E-state index contributed by atoms with van der Waals surface area (Å²) in [5.41, 5.74) is 2.38. The van der Waals surface area contributed by atoms with Crippen LogP contribution in [0, 0.1) is 0 Å². The number of hydrogen-bond donors (Lipinski definition) is 1. The summed E-state index contributed by atoms with van der Waals surface area (Å²) >= 11 is 14.5. The van der Waals surface area contributed by atoms with Gasteiger partial charge in [-0.1, -0.05) is 19.1 Å². The zero-order chi connectivity index (χ0) is 13.3. The molecular weight excluding hydrogens is 285 g/mol. The normalized spacial score (nSPS) is 19.7. The molecule has 1 N–H and O–H groups in total. The Labute approximate surface area is 124 Å². The fraction of sp³-hybridized carbons (Fsp3) is 0.571. The maximum atomic E-state index is 6.26. The van der Waals surface area contributed by atoms with Crippen molar-refractivity contribution < 1.29 is 0 Å². The number of nitrogens with one attached hydrogen (secondary N) is 1. The van der Waals surface area contributed by atoms with Crippen LogP contribution in [-0.2, 0) is 11.8 Å². The largest absolute Gasteiger partial charge is 0.316 e. The molecule has 2 atom stereocenters. The molecule has 0 aromatic heterocycles. The van der Waals surface area contributed by atoms with Gasteiger partial charge in [0.05, 0.1) is 0 Å². The summed E-state index contributed by atoms with van der Waals surface area (Å²) < 4.78 is 0. The second-order valence-corrected chi connectivity index (χ2v) is 7.25. The predicted molar refractivity (Wildman–Crippen MR) is 82.2 cm³/mol. The molecule has 0 saturated carbocycles. The van der Waals surface area contributed by atoms with Crippen LogP contribution in [0.3, 0.4) is 0 Å². The molecule has 0 spiro atoms. The van der Waals surface area contributed by atoms with E-state index >= 15 is 0 Å². The summed E-state index contributed by atoms with van der Waals surface area (Å²) in [4.78, 5) is 0.964. The van der Waals surface area contributed by atoms with Gasteiger partial charge in [-0.05, 0) is 37.6 Å². The highest BCUT2D eigenvalue weighted by molar-refractivity contribution is 7.99. The minimum atomic E-state index is -0.438. The van der Waals surface area contributed by atoms with E-state index < -0.39 is 4.84 Å². The van der Waals surface area contributed by atoms with E-state index in [1.165, 1.54) is 21.8 Å². The molecule has 1 aromatic carbocycles. The number of hydrogen-bond acceptors (Lipinski definition) is 2. The maximum Gasteiger partial charge on any atom is 0.118 e. The Hall–Kier alpha value is 0.110. The van der Waals surface area contributed by atoms with E-state index in [0.29, 0.717) is 0 Å². The molecular formula is C14H19Cl2NS. The van der Waals surface area contributed by atoms with Gasteiger partial charge in [0.1, 0.15) is 4.84 Å². The van der Waals surface area contributed by atoms with Crippen LogP contribution in [-0.4, -0.2) is 23.7 Å². The molecule has 0 aliphatic carbocycles. The average molecular weight is 304 g/mol. The molecule has 1 aliphatic rings. The van der Waals surface area contributed by atoms with Crippen LogP contribution in [0.1, 0.15) is 25.0 Å². The molecule has 4 heteroatoms. The standard InChI is InChI=1S/C14H19Cl2NS/c1-9(17-3)14(2,13(15)16)11-4-5-12-10(8-11)6-7-18-12/h4-5,8-9,13,17H,6-7H2,1-3H3. The highest BCUT2D eigenvalue weighted by atomic mass is 35.5. The number of rotatable bonds is 4. The second-order valence-electron chi connectivity index (χ2n) is 5.01. The molecule has 2 unspecified atom stereocenters. The van der Waals surface area contributed by atoms with Crippen molar-refractivity contribution in [1.29, 1.82) is 0 Å². The molecule has 18 heavy (non-hydrogen) atoms. The van der Waals surface area contributed by atoms with Crippen molar-refractivity contribution in [2.45, 2.75) is 41.5 Å². The lowest BCUT2D eigenvalue weighted by molar-refractivity contribution is 0.372. The fourth-order valence-corrected chi connectivity index (χ4v) is 4.07. The van der Waals surface area contributed by atoms with E-state index in [0.717, 1.165) is 6.42 Å². The number of likely N-dealkylation sites (N-methyl/N-ethyl adjacent to an activating group) is 1. The van der Waals surface area contributed by atoms with E-state index in [4.69, 9.17) is 23.2 Å². The summed E-state index contributed by atoms with van der Waals surface area (Å²) in [5, 5.41) is 3.28. The van der Waals surface area contributed by atoms with Gasteiger partial charge in [-0.15, -0.1) is 35.0 Å². The van der Waals surface area contributed by atoms with Crippen LogP contribution < -0.4 is 5.32 Å². The molecule has 100 valence electrons. The van der Waals surface area contributed by atoms with Crippen molar-refractivity contribution in [3.05, 3.63) is 29.3 Å². The van der Waals surface area contributed by atoms with Crippen LogP contribution in [0.2, 0.25) is 0 Å². The van der Waals surface area contributed by atoms with E-state index in [1.807, 2.05) is 18.8 Å². The van der Waals surface area contributed by atoms with Crippen molar-refractivity contribution >= 4 is 35.0 Å². The number of thioether (sulfide) groups is 1. The Bertz CT molecular complexity index is 436. The number of halogens is 2. The molecule has 1 heterocycles. The van der Waals surface area contributed by atoms with Crippen LogP contribution >= 0.6 is 35.0 Å². The molecule has 0 fully saturated rings. The minimum Gasteiger partial charge on any atom is -0.316 e. The highest BCUT2D eigenvalue weighted by Gasteiger charge is 2.39. The van der Waals surface area contributed by atoms with Gasteiger partial charge in [0.25, 0.3) is 0 Å². The lowest BCUT2D eigenvalue weighted by Crippen LogP contribution is -2.47. The number of fused-ring (bicyclic) bond motifs is 1. The summed E-state index contributed by atoms with van der Waals surface area (Å²) in [6.07, 6.45) is 1.15. The molecule has 2 rings (SSSR count). The van der Waals surface area contributed by atoms with Gasteiger partial charge < -0.3 is 5.32 Å². The quantitative estimate of drug-likeness (QED) is 0.844. The molecule has 1 aromatic rings. The molecule has 0 saturated heterocycles. The van der Waals surface area contributed by atoms with Gasteiger partial charge in [0.2, 0.25) is 0 Å². The summed E-state index contributed by atoms with van der Waals surface area (Å²) in [7, 11) is 1.95. The van der Waals surface area contributed by atoms with Crippen molar-refractivity contribution in [1.82, 2.24) is 5.32 Å². The Balaban J connectivity index is 2.43. The lowest BCUT2D eigenvalue weighted by Gasteiger charge is -2.37. The smallest absolute Gasteiger partial charge is 0.118 e. The number of benzene rings is 1. The lowest BCUT2D eigenvalue weighted by atomic mass is 9.77. The number of alkyl halides is 2. The monoisotopic (exact) mass is 303 g/mol. The van der Waals surface area contributed by atoms with Crippen LogP contribution in [0.4, 0.5) is 0 Å². The van der Waals surface area contributed by atoms with Crippen molar-refractivity contribution in [2.75, 3.05) is 12.8 Å². The second kappa shape index (κ2) is 5.62. The highest BCUT2D eigenvalue weighted by Crippen LogP contribution is 2.40. The summed E-state index contributed by atoms with van der Waals surface area (Å²) in [5.74, 6) is 1.18. The van der Waals surface area contributed by atoms with Crippen LogP contribution in [0.25, 0.3) is 0 Å². The van der Waals surface area contributed by atoms with Gasteiger partial charge in [-0.25, -0.2) is 0 Å². The third-order valence-corrected chi connectivity index (χ3v) is 6.12. The van der Waals surface area contributed by atoms with Crippen LogP contribution in [0.5, 0.6) is 0 Å². The minimum absolute atomic E-state index is 0.213. The first-order valence-electron chi connectivity index (χ1n) is 6.21. The Kier molecular flexibility index (Phi) is 4.53. The topological polar surface area (TPSA) is 12.0 Å². The SMILES string of the molecule is CNC(C)C(C)(c1ccc2c(c1)CCS2)C(Cl)Cl. The maximum absolute atomic E-state index is 6.26. The summed E-state index contributed by atoms with van der Waals surface area (Å²) in [6.45, 7) is 4.25. The third-order valence-electron chi connectivity index (χ3n) is 4.10. The van der Waals surface area contributed by atoms with Crippen molar-refractivity contribution in [2.24, 2.45) is 0 Å². The van der Waals surface area contributed by atoms with Gasteiger partial charge in [0.15, 0.2) is 0 Å².